The third kappa shape index (κ3) is 1.39. The second-order valence-electron chi connectivity index (χ2n) is 4.93. The Bertz CT molecular complexity index is 380. The van der Waals surface area contributed by atoms with Crippen molar-refractivity contribution in [2.75, 3.05) is 17.2 Å². The van der Waals surface area contributed by atoms with Crippen LogP contribution in [0.4, 0.5) is 11.4 Å². The fourth-order valence-electron chi connectivity index (χ4n) is 2.76. The normalized spacial score (nSPS) is 21.9. The third-order valence-electron chi connectivity index (χ3n) is 3.89. The monoisotopic (exact) mass is 202 g/mol. The number of para-hydroxylation sites is 1. The molecule has 80 valence electrons. The van der Waals surface area contributed by atoms with Crippen molar-refractivity contribution in [3.63, 3.8) is 0 Å². The largest absolute Gasteiger partial charge is 0.383 e. The minimum Gasteiger partial charge on any atom is -0.383 e. The molecule has 2 heteroatoms. The molecule has 0 bridgehead atoms. The van der Waals surface area contributed by atoms with Crippen LogP contribution >= 0.6 is 0 Å². The van der Waals surface area contributed by atoms with Gasteiger partial charge in [0.25, 0.3) is 0 Å². The van der Waals surface area contributed by atoms with Gasteiger partial charge < -0.3 is 10.6 Å². The van der Waals surface area contributed by atoms with Crippen LogP contribution in [0, 0.1) is 6.92 Å². The third-order valence-corrected chi connectivity index (χ3v) is 3.89. The molecule has 1 fully saturated rings. The summed E-state index contributed by atoms with van der Waals surface area (Å²) >= 11 is 0. The zero-order chi connectivity index (χ0) is 10.3. The highest BCUT2D eigenvalue weighted by atomic mass is 15.1. The van der Waals surface area contributed by atoms with Gasteiger partial charge in [-0.25, -0.2) is 0 Å². The number of hydrogen-bond acceptors (Lipinski definition) is 2. The second kappa shape index (κ2) is 3.16. The molecule has 0 amide bonds. The Balaban J connectivity index is 1.99. The number of benzene rings is 1. The molecular weight excluding hydrogens is 184 g/mol. The number of anilines is 2. The van der Waals surface area contributed by atoms with Crippen LogP contribution in [-0.2, 0) is 0 Å². The molecule has 0 unspecified atom stereocenters. The molecule has 1 saturated carbocycles. The summed E-state index contributed by atoms with van der Waals surface area (Å²) in [5.41, 5.74) is 4.36. The summed E-state index contributed by atoms with van der Waals surface area (Å²) in [7, 11) is 0. The Labute approximate surface area is 91.1 Å². The fourth-order valence-corrected chi connectivity index (χ4v) is 2.76. The van der Waals surface area contributed by atoms with E-state index in [9.17, 15) is 0 Å². The topological polar surface area (TPSA) is 24.1 Å². The summed E-state index contributed by atoms with van der Waals surface area (Å²) in [5, 5.41) is 7.30. The number of rotatable bonds is 0. The van der Waals surface area contributed by atoms with Crippen molar-refractivity contribution in [3.05, 3.63) is 23.8 Å². The van der Waals surface area contributed by atoms with Crippen molar-refractivity contribution in [1.82, 2.24) is 0 Å². The second-order valence-corrected chi connectivity index (χ2v) is 4.93. The van der Waals surface area contributed by atoms with Crippen LogP contribution in [0.25, 0.3) is 0 Å². The van der Waals surface area contributed by atoms with E-state index >= 15 is 0 Å². The first-order valence-corrected chi connectivity index (χ1v) is 5.91. The van der Waals surface area contributed by atoms with E-state index in [4.69, 9.17) is 0 Å². The molecule has 1 heterocycles. The van der Waals surface area contributed by atoms with Gasteiger partial charge in [-0.05, 0) is 44.2 Å². The summed E-state index contributed by atoms with van der Waals surface area (Å²) in [5.74, 6) is 0. The van der Waals surface area contributed by atoms with Crippen molar-refractivity contribution >= 4 is 11.4 Å². The zero-order valence-electron chi connectivity index (χ0n) is 9.27. The lowest BCUT2D eigenvalue weighted by Crippen LogP contribution is -2.45. The van der Waals surface area contributed by atoms with E-state index in [-0.39, 0.29) is 0 Å². The maximum atomic E-state index is 3.75. The van der Waals surface area contributed by atoms with E-state index in [2.05, 4.69) is 35.8 Å². The smallest absolute Gasteiger partial charge is 0.0605 e. The lowest BCUT2D eigenvalue weighted by molar-refractivity contribution is 0.268. The summed E-state index contributed by atoms with van der Waals surface area (Å²) < 4.78 is 0. The van der Waals surface area contributed by atoms with Gasteiger partial charge in [-0.1, -0.05) is 12.1 Å². The first-order chi connectivity index (χ1) is 7.29. The average Bonchev–Trinajstić information content (AvgIpc) is 2.37. The summed E-state index contributed by atoms with van der Waals surface area (Å²) in [6.45, 7) is 3.27. The average molecular weight is 202 g/mol. The SMILES string of the molecule is Cc1cccc2c1NCCC1(CCC1)N2. The van der Waals surface area contributed by atoms with E-state index in [0.29, 0.717) is 5.54 Å². The molecule has 0 atom stereocenters. The van der Waals surface area contributed by atoms with Crippen LogP contribution in [0.15, 0.2) is 18.2 Å². The highest BCUT2D eigenvalue weighted by molar-refractivity contribution is 5.74. The number of hydrogen-bond donors (Lipinski definition) is 2. The van der Waals surface area contributed by atoms with E-state index in [0.717, 1.165) is 6.54 Å². The zero-order valence-corrected chi connectivity index (χ0v) is 9.27. The fraction of sp³-hybridized carbons (Fsp3) is 0.538. The molecule has 1 aliphatic carbocycles. The Morgan fingerprint density at radius 1 is 1.20 bits per heavy atom. The first kappa shape index (κ1) is 9.08. The molecule has 0 radical (unpaired) electrons. The Morgan fingerprint density at radius 2 is 2.07 bits per heavy atom. The van der Waals surface area contributed by atoms with Gasteiger partial charge in [0.2, 0.25) is 0 Å². The minimum atomic E-state index is 0.409. The highest BCUT2D eigenvalue weighted by Gasteiger charge is 2.38. The van der Waals surface area contributed by atoms with Gasteiger partial charge in [-0.2, -0.15) is 0 Å². The summed E-state index contributed by atoms with van der Waals surface area (Å²) in [4.78, 5) is 0. The molecule has 1 aromatic carbocycles. The van der Waals surface area contributed by atoms with Crippen molar-refractivity contribution < 1.29 is 0 Å². The van der Waals surface area contributed by atoms with Crippen LogP contribution in [0.2, 0.25) is 0 Å². The van der Waals surface area contributed by atoms with Gasteiger partial charge in [-0.3, -0.25) is 0 Å². The molecule has 15 heavy (non-hydrogen) atoms. The minimum absolute atomic E-state index is 0.409. The molecule has 0 aromatic heterocycles. The van der Waals surface area contributed by atoms with E-state index < -0.39 is 0 Å². The van der Waals surface area contributed by atoms with Crippen molar-refractivity contribution in [2.24, 2.45) is 0 Å². The highest BCUT2D eigenvalue weighted by Crippen LogP contribution is 2.42. The lowest BCUT2D eigenvalue weighted by Gasteiger charge is -2.42. The molecule has 2 N–H and O–H groups in total. The molecule has 2 aliphatic rings. The Morgan fingerprint density at radius 3 is 2.80 bits per heavy atom. The molecule has 0 saturated heterocycles. The van der Waals surface area contributed by atoms with Gasteiger partial charge in [0.1, 0.15) is 0 Å². The molecule has 3 rings (SSSR count). The Kier molecular flexibility index (Phi) is 1.91. The number of aryl methyl sites for hydroxylation is 1. The van der Waals surface area contributed by atoms with E-state index in [1.165, 1.54) is 42.6 Å². The molecule has 2 nitrogen and oxygen atoms in total. The van der Waals surface area contributed by atoms with Gasteiger partial charge in [0.15, 0.2) is 0 Å². The molecule has 1 aliphatic heterocycles. The predicted molar refractivity (Wildman–Crippen MR) is 64.5 cm³/mol. The maximum absolute atomic E-state index is 3.75. The first-order valence-electron chi connectivity index (χ1n) is 5.91. The summed E-state index contributed by atoms with van der Waals surface area (Å²) in [6, 6.07) is 6.51. The number of nitrogens with one attached hydrogen (secondary N) is 2. The van der Waals surface area contributed by atoms with E-state index in [1.807, 2.05) is 0 Å². The van der Waals surface area contributed by atoms with Crippen molar-refractivity contribution in [1.29, 1.82) is 0 Å². The number of fused-ring (bicyclic) bond motifs is 1. The Hall–Kier alpha value is -1.18. The quantitative estimate of drug-likeness (QED) is 0.675. The van der Waals surface area contributed by atoms with Crippen LogP contribution in [-0.4, -0.2) is 12.1 Å². The predicted octanol–water partition coefficient (Wildman–Crippen LogP) is 3.15. The molecular formula is C13H18N2. The van der Waals surface area contributed by atoms with Gasteiger partial charge >= 0.3 is 0 Å². The molecule has 1 aromatic rings. The summed E-state index contributed by atoms with van der Waals surface area (Å²) in [6.07, 6.45) is 5.30. The van der Waals surface area contributed by atoms with Crippen molar-refractivity contribution in [3.8, 4) is 0 Å². The van der Waals surface area contributed by atoms with Gasteiger partial charge in [0, 0.05) is 12.1 Å². The lowest BCUT2D eigenvalue weighted by atomic mass is 9.74. The van der Waals surface area contributed by atoms with Gasteiger partial charge in [-0.15, -0.1) is 0 Å². The standard InChI is InChI=1S/C13H18N2/c1-10-4-2-5-11-12(10)14-9-8-13(15-11)6-3-7-13/h2,4-5,14-15H,3,6-9H2,1H3. The van der Waals surface area contributed by atoms with E-state index in [1.54, 1.807) is 0 Å². The van der Waals surface area contributed by atoms with Crippen LogP contribution < -0.4 is 10.6 Å². The van der Waals surface area contributed by atoms with Crippen LogP contribution in [0.5, 0.6) is 0 Å². The van der Waals surface area contributed by atoms with Crippen molar-refractivity contribution in [2.45, 2.75) is 38.1 Å². The van der Waals surface area contributed by atoms with Crippen LogP contribution in [0.1, 0.15) is 31.2 Å². The molecule has 1 spiro atoms. The maximum Gasteiger partial charge on any atom is 0.0605 e. The van der Waals surface area contributed by atoms with Gasteiger partial charge in [0.05, 0.1) is 11.4 Å². The van der Waals surface area contributed by atoms with Crippen LogP contribution in [0.3, 0.4) is 0 Å².